The van der Waals surface area contributed by atoms with Crippen LogP contribution in [0.2, 0.25) is 0 Å². The second-order valence-corrected chi connectivity index (χ2v) is 5.05. The molecular weight excluding hydrogens is 244 g/mol. The number of nitrogens with zero attached hydrogens (tertiary/aromatic N) is 2. The highest BCUT2D eigenvalue weighted by Crippen LogP contribution is 2.27. The van der Waals surface area contributed by atoms with Crippen molar-refractivity contribution in [3.05, 3.63) is 24.3 Å². The summed E-state index contributed by atoms with van der Waals surface area (Å²) in [5.41, 5.74) is 0.664. The van der Waals surface area contributed by atoms with Crippen LogP contribution in [-0.4, -0.2) is 24.6 Å². The van der Waals surface area contributed by atoms with Gasteiger partial charge in [0, 0.05) is 5.71 Å². The first kappa shape index (κ1) is 11.7. The van der Waals surface area contributed by atoms with Crippen molar-refractivity contribution in [3.63, 3.8) is 0 Å². The molecule has 2 rings (SSSR count). The summed E-state index contributed by atoms with van der Waals surface area (Å²) in [6.45, 7) is 1.67. The summed E-state index contributed by atoms with van der Waals surface area (Å²) in [6, 6.07) is 5.68. The molecule has 0 unspecified atom stereocenters. The van der Waals surface area contributed by atoms with E-state index in [0.29, 0.717) is 5.71 Å². The third kappa shape index (κ3) is 2.20. The van der Waals surface area contributed by atoms with E-state index in [1.807, 2.05) is 0 Å². The van der Waals surface area contributed by atoms with Crippen molar-refractivity contribution < 1.29 is 17.8 Å². The SMILES string of the molecule is CC1=NN(c2ccccc2S(=O)(=O)O)C(=O)C1. The Bertz CT molecular complexity index is 606. The van der Waals surface area contributed by atoms with Crippen LogP contribution < -0.4 is 5.01 Å². The van der Waals surface area contributed by atoms with Crippen molar-refractivity contribution in [2.24, 2.45) is 5.10 Å². The smallest absolute Gasteiger partial charge is 0.282 e. The van der Waals surface area contributed by atoms with Crippen LogP contribution >= 0.6 is 0 Å². The Morgan fingerprint density at radius 1 is 1.35 bits per heavy atom. The molecule has 0 saturated heterocycles. The van der Waals surface area contributed by atoms with Crippen LogP contribution in [0.15, 0.2) is 34.3 Å². The van der Waals surface area contributed by atoms with Crippen molar-refractivity contribution in [3.8, 4) is 0 Å². The van der Waals surface area contributed by atoms with Crippen molar-refractivity contribution >= 4 is 27.4 Å². The number of anilines is 1. The standard InChI is InChI=1S/C10H10N2O4S/c1-7-6-10(13)12(11-7)8-4-2-3-5-9(8)17(14,15)16/h2-5H,6H2,1H3,(H,14,15,16). The van der Waals surface area contributed by atoms with Gasteiger partial charge in [-0.2, -0.15) is 18.5 Å². The summed E-state index contributed by atoms with van der Waals surface area (Å²) >= 11 is 0. The van der Waals surface area contributed by atoms with Gasteiger partial charge in [0.05, 0.1) is 12.1 Å². The summed E-state index contributed by atoms with van der Waals surface area (Å²) in [5, 5.41) is 4.94. The predicted octanol–water partition coefficient (Wildman–Crippen LogP) is 1.05. The topological polar surface area (TPSA) is 87.0 Å². The average Bonchev–Trinajstić information content (AvgIpc) is 2.56. The van der Waals surface area contributed by atoms with Crippen molar-refractivity contribution in [2.75, 3.05) is 5.01 Å². The van der Waals surface area contributed by atoms with E-state index >= 15 is 0 Å². The minimum absolute atomic E-state index is 0.0665. The molecule has 0 fully saturated rings. The summed E-state index contributed by atoms with van der Waals surface area (Å²) in [5.74, 6) is -0.321. The number of hydrazone groups is 1. The molecule has 1 aliphatic rings. The fraction of sp³-hybridized carbons (Fsp3) is 0.200. The molecule has 1 aromatic carbocycles. The predicted molar refractivity (Wildman–Crippen MR) is 61.5 cm³/mol. The fourth-order valence-electron chi connectivity index (χ4n) is 1.59. The first-order valence-electron chi connectivity index (χ1n) is 4.83. The van der Waals surface area contributed by atoms with Crippen molar-refractivity contribution in [1.29, 1.82) is 0 Å². The first-order chi connectivity index (χ1) is 7.89. The molecular formula is C10H10N2O4S. The lowest BCUT2D eigenvalue weighted by atomic mass is 10.3. The van der Waals surface area contributed by atoms with Crippen LogP contribution in [0, 0.1) is 0 Å². The Morgan fingerprint density at radius 3 is 2.53 bits per heavy atom. The minimum Gasteiger partial charge on any atom is -0.282 e. The van der Waals surface area contributed by atoms with E-state index in [4.69, 9.17) is 4.55 Å². The maximum atomic E-state index is 11.6. The van der Waals surface area contributed by atoms with Gasteiger partial charge in [-0.25, -0.2) is 0 Å². The number of para-hydroxylation sites is 1. The lowest BCUT2D eigenvalue weighted by molar-refractivity contribution is -0.116. The number of carbonyl (C=O) groups excluding carboxylic acids is 1. The third-order valence-corrected chi connectivity index (χ3v) is 3.19. The summed E-state index contributed by atoms with van der Waals surface area (Å²) in [6.07, 6.45) is 0.153. The maximum absolute atomic E-state index is 11.6. The number of rotatable bonds is 2. The normalized spacial score (nSPS) is 16.2. The summed E-state index contributed by atoms with van der Waals surface area (Å²) < 4.78 is 31.4. The van der Waals surface area contributed by atoms with Gasteiger partial charge in [-0.15, -0.1) is 0 Å². The average molecular weight is 254 g/mol. The van der Waals surface area contributed by atoms with E-state index in [2.05, 4.69) is 5.10 Å². The van der Waals surface area contributed by atoms with Gasteiger partial charge >= 0.3 is 0 Å². The molecule has 6 nitrogen and oxygen atoms in total. The zero-order chi connectivity index (χ0) is 12.6. The molecule has 1 aromatic rings. The monoisotopic (exact) mass is 254 g/mol. The first-order valence-corrected chi connectivity index (χ1v) is 6.27. The molecule has 1 N–H and O–H groups in total. The van der Waals surface area contributed by atoms with E-state index < -0.39 is 10.1 Å². The molecule has 0 bridgehead atoms. The van der Waals surface area contributed by atoms with E-state index in [-0.39, 0.29) is 22.9 Å². The van der Waals surface area contributed by atoms with Crippen LogP contribution in [0.3, 0.4) is 0 Å². The van der Waals surface area contributed by atoms with Gasteiger partial charge in [-0.3, -0.25) is 9.35 Å². The molecule has 0 saturated carbocycles. The molecule has 0 radical (unpaired) electrons. The third-order valence-electron chi connectivity index (χ3n) is 2.29. The Balaban J connectivity index is 2.58. The number of amides is 1. The second-order valence-electron chi connectivity index (χ2n) is 3.66. The second kappa shape index (κ2) is 3.94. The zero-order valence-corrected chi connectivity index (χ0v) is 9.81. The van der Waals surface area contributed by atoms with Gasteiger partial charge in [-0.05, 0) is 19.1 Å². The quantitative estimate of drug-likeness (QED) is 0.799. The van der Waals surface area contributed by atoms with Gasteiger partial charge in [-0.1, -0.05) is 12.1 Å². The molecule has 1 heterocycles. The van der Waals surface area contributed by atoms with E-state index in [1.165, 1.54) is 18.2 Å². The fourth-order valence-corrected chi connectivity index (χ4v) is 2.26. The minimum atomic E-state index is -4.37. The zero-order valence-electron chi connectivity index (χ0n) is 8.99. The Morgan fingerprint density at radius 2 is 2.00 bits per heavy atom. The molecule has 17 heavy (non-hydrogen) atoms. The summed E-state index contributed by atoms with van der Waals surface area (Å²) in [7, 11) is -4.37. The number of hydrogen-bond acceptors (Lipinski definition) is 4. The van der Waals surface area contributed by atoms with Crippen LogP contribution in [0.1, 0.15) is 13.3 Å². The summed E-state index contributed by atoms with van der Waals surface area (Å²) in [4.78, 5) is 11.3. The molecule has 90 valence electrons. The lowest BCUT2D eigenvalue weighted by Gasteiger charge is -2.14. The van der Waals surface area contributed by atoms with Crippen LogP contribution in [0.25, 0.3) is 0 Å². The Labute approximate surface area is 98.3 Å². The highest BCUT2D eigenvalue weighted by atomic mass is 32.2. The van der Waals surface area contributed by atoms with E-state index in [1.54, 1.807) is 13.0 Å². The maximum Gasteiger partial charge on any atom is 0.296 e. The van der Waals surface area contributed by atoms with Crippen LogP contribution in [-0.2, 0) is 14.9 Å². The number of carbonyl (C=O) groups is 1. The molecule has 0 aromatic heterocycles. The highest BCUT2D eigenvalue weighted by Gasteiger charge is 2.27. The lowest BCUT2D eigenvalue weighted by Crippen LogP contribution is -2.21. The molecule has 0 atom stereocenters. The molecule has 1 amide bonds. The molecule has 0 spiro atoms. The van der Waals surface area contributed by atoms with Gasteiger partial charge in [0.1, 0.15) is 4.90 Å². The molecule has 0 aliphatic carbocycles. The van der Waals surface area contributed by atoms with Gasteiger partial charge < -0.3 is 0 Å². The Hall–Kier alpha value is -1.73. The molecule has 7 heteroatoms. The Kier molecular flexibility index (Phi) is 2.72. The van der Waals surface area contributed by atoms with Gasteiger partial charge in [0.25, 0.3) is 16.0 Å². The number of hydrogen-bond donors (Lipinski definition) is 1. The van der Waals surface area contributed by atoms with Crippen LogP contribution in [0.5, 0.6) is 0 Å². The number of benzene rings is 1. The van der Waals surface area contributed by atoms with E-state index in [0.717, 1.165) is 5.01 Å². The van der Waals surface area contributed by atoms with E-state index in [9.17, 15) is 13.2 Å². The van der Waals surface area contributed by atoms with Gasteiger partial charge in [0.15, 0.2) is 0 Å². The largest absolute Gasteiger partial charge is 0.296 e. The van der Waals surface area contributed by atoms with Gasteiger partial charge in [0.2, 0.25) is 0 Å². The molecule has 1 aliphatic heterocycles. The van der Waals surface area contributed by atoms with Crippen molar-refractivity contribution in [2.45, 2.75) is 18.2 Å². The highest BCUT2D eigenvalue weighted by molar-refractivity contribution is 7.86. The van der Waals surface area contributed by atoms with Crippen molar-refractivity contribution in [1.82, 2.24) is 0 Å². The van der Waals surface area contributed by atoms with Crippen LogP contribution in [0.4, 0.5) is 5.69 Å².